The van der Waals surface area contributed by atoms with E-state index < -0.39 is 0 Å². The van der Waals surface area contributed by atoms with Gasteiger partial charge < -0.3 is 19.5 Å². The molecule has 1 N–H and O–H groups in total. The third-order valence-electron chi connectivity index (χ3n) is 5.35. The number of benzene rings is 2. The van der Waals surface area contributed by atoms with Gasteiger partial charge in [0.15, 0.2) is 11.5 Å². The lowest BCUT2D eigenvalue weighted by atomic mass is 10.0. The molecule has 1 aliphatic heterocycles. The number of carbonyl (C=O) groups excluding carboxylic acids is 1. The van der Waals surface area contributed by atoms with Gasteiger partial charge in [-0.2, -0.15) is 5.10 Å². The van der Waals surface area contributed by atoms with Crippen molar-refractivity contribution in [2.24, 2.45) is 0 Å². The van der Waals surface area contributed by atoms with E-state index in [1.807, 2.05) is 56.3 Å². The maximum atomic E-state index is 12.9. The van der Waals surface area contributed by atoms with Gasteiger partial charge in [0.2, 0.25) is 5.91 Å². The number of ether oxygens (including phenoxy) is 3. The zero-order chi connectivity index (χ0) is 22.1. The van der Waals surface area contributed by atoms with Crippen molar-refractivity contribution < 1.29 is 19.0 Å². The van der Waals surface area contributed by atoms with Gasteiger partial charge in [-0.25, -0.2) is 4.68 Å². The minimum Gasteiger partial charge on any atom is -0.497 e. The second-order valence-electron chi connectivity index (χ2n) is 7.19. The minimum absolute atomic E-state index is 0.0646. The van der Waals surface area contributed by atoms with Crippen LogP contribution in [0.1, 0.15) is 29.0 Å². The molecular formula is C23H25N3O4S. The van der Waals surface area contributed by atoms with Gasteiger partial charge in [0.1, 0.15) is 11.6 Å². The molecule has 2 atom stereocenters. The first-order valence-electron chi connectivity index (χ1n) is 9.89. The van der Waals surface area contributed by atoms with Crippen molar-refractivity contribution in [3.05, 3.63) is 59.3 Å². The molecule has 0 aliphatic carbocycles. The molecule has 7 nitrogen and oxygen atoms in total. The Morgan fingerprint density at radius 1 is 1.03 bits per heavy atom. The summed E-state index contributed by atoms with van der Waals surface area (Å²) >= 11 is 1.57. The number of para-hydroxylation sites is 1. The molecular weight excluding hydrogens is 414 g/mol. The highest BCUT2D eigenvalue weighted by Crippen LogP contribution is 2.50. The van der Waals surface area contributed by atoms with Crippen LogP contribution in [0.5, 0.6) is 17.2 Å². The van der Waals surface area contributed by atoms with Crippen molar-refractivity contribution >= 4 is 23.5 Å². The summed E-state index contributed by atoms with van der Waals surface area (Å²) in [6.07, 6.45) is 0. The topological polar surface area (TPSA) is 74.6 Å². The number of thioether (sulfide) groups is 1. The van der Waals surface area contributed by atoms with E-state index in [1.54, 1.807) is 37.8 Å². The number of anilines is 1. The van der Waals surface area contributed by atoms with Crippen molar-refractivity contribution in [3.63, 3.8) is 0 Å². The van der Waals surface area contributed by atoms with Gasteiger partial charge in [-0.15, -0.1) is 11.8 Å². The van der Waals surface area contributed by atoms with E-state index in [0.717, 1.165) is 28.3 Å². The molecule has 0 saturated carbocycles. The van der Waals surface area contributed by atoms with E-state index in [-0.39, 0.29) is 16.4 Å². The molecule has 0 saturated heterocycles. The summed E-state index contributed by atoms with van der Waals surface area (Å²) in [6.45, 7) is 3.87. The second-order valence-corrected chi connectivity index (χ2v) is 8.64. The fourth-order valence-corrected chi connectivity index (χ4v) is 5.12. The highest BCUT2D eigenvalue weighted by Gasteiger charge is 2.35. The van der Waals surface area contributed by atoms with E-state index >= 15 is 0 Å². The first kappa shape index (κ1) is 21.1. The van der Waals surface area contributed by atoms with Gasteiger partial charge in [-0.05, 0) is 44.2 Å². The van der Waals surface area contributed by atoms with Crippen LogP contribution in [0.3, 0.4) is 0 Å². The SMILES string of the molecule is COc1ccc(-n2nc(C)c3c2NC(=O)[C@H](C)S[C@H]3c2cccc(OC)c2OC)cc1. The minimum atomic E-state index is -0.267. The zero-order valence-electron chi connectivity index (χ0n) is 18.1. The predicted molar refractivity (Wildman–Crippen MR) is 122 cm³/mol. The summed E-state index contributed by atoms with van der Waals surface area (Å²) < 4.78 is 18.3. The number of hydrogen-bond donors (Lipinski definition) is 1. The number of nitrogens with zero attached hydrogens (tertiary/aromatic N) is 2. The first-order valence-corrected chi connectivity index (χ1v) is 10.8. The van der Waals surface area contributed by atoms with Gasteiger partial charge >= 0.3 is 0 Å². The van der Waals surface area contributed by atoms with E-state index in [4.69, 9.17) is 19.3 Å². The highest BCUT2D eigenvalue weighted by molar-refractivity contribution is 8.01. The Labute approximate surface area is 185 Å². The number of methoxy groups -OCH3 is 3. The number of rotatable bonds is 5. The molecule has 1 aromatic heterocycles. The molecule has 0 radical (unpaired) electrons. The summed E-state index contributed by atoms with van der Waals surface area (Å²) in [4.78, 5) is 12.9. The first-order chi connectivity index (χ1) is 15.0. The molecule has 2 aromatic carbocycles. The molecule has 4 rings (SSSR count). The van der Waals surface area contributed by atoms with Crippen LogP contribution in [0.15, 0.2) is 42.5 Å². The molecule has 0 spiro atoms. The maximum Gasteiger partial charge on any atom is 0.238 e. The van der Waals surface area contributed by atoms with E-state index in [1.165, 1.54) is 0 Å². The zero-order valence-corrected chi connectivity index (χ0v) is 18.9. The Balaban J connectivity index is 1.91. The fraction of sp³-hybridized carbons (Fsp3) is 0.304. The average molecular weight is 440 g/mol. The number of aromatic nitrogens is 2. The number of aryl methyl sites for hydroxylation is 1. The number of carbonyl (C=O) groups is 1. The van der Waals surface area contributed by atoms with Gasteiger partial charge in [0.05, 0.1) is 43.2 Å². The molecule has 1 amide bonds. The smallest absolute Gasteiger partial charge is 0.238 e. The van der Waals surface area contributed by atoms with Crippen LogP contribution in [0.2, 0.25) is 0 Å². The lowest BCUT2D eigenvalue weighted by Crippen LogP contribution is -2.22. The van der Waals surface area contributed by atoms with Crippen LogP contribution in [-0.4, -0.2) is 42.3 Å². The summed E-state index contributed by atoms with van der Waals surface area (Å²) in [5.74, 6) is 2.67. The van der Waals surface area contributed by atoms with Crippen LogP contribution in [0, 0.1) is 6.92 Å². The Hall–Kier alpha value is -3.13. The number of amides is 1. The average Bonchev–Trinajstić information content (AvgIpc) is 3.04. The largest absolute Gasteiger partial charge is 0.497 e. The quantitative estimate of drug-likeness (QED) is 0.636. The lowest BCUT2D eigenvalue weighted by Gasteiger charge is -2.21. The van der Waals surface area contributed by atoms with E-state index in [2.05, 4.69) is 5.32 Å². The lowest BCUT2D eigenvalue weighted by molar-refractivity contribution is -0.115. The molecule has 8 heteroatoms. The Bertz CT molecular complexity index is 1110. The van der Waals surface area contributed by atoms with Crippen molar-refractivity contribution in [3.8, 4) is 22.9 Å². The monoisotopic (exact) mass is 439 g/mol. The van der Waals surface area contributed by atoms with Gasteiger partial charge in [0.25, 0.3) is 0 Å². The normalized spacial score (nSPS) is 18.0. The molecule has 0 unspecified atom stereocenters. The molecule has 2 heterocycles. The Morgan fingerprint density at radius 3 is 2.42 bits per heavy atom. The third-order valence-corrected chi connectivity index (χ3v) is 6.74. The van der Waals surface area contributed by atoms with Crippen LogP contribution in [0.25, 0.3) is 5.69 Å². The van der Waals surface area contributed by atoms with Crippen LogP contribution in [0.4, 0.5) is 5.82 Å². The molecule has 162 valence electrons. The molecule has 0 fully saturated rings. The standard InChI is InChI=1S/C23H25N3O4S/c1-13-19-21(17-7-6-8-18(29-4)20(17)30-5)31-14(2)23(27)24-22(19)26(25-13)15-9-11-16(28-3)12-10-15/h6-12,14,21H,1-5H3,(H,24,27)/t14-,21-/m0/s1. The summed E-state index contributed by atoms with van der Waals surface area (Å²) in [5, 5.41) is 7.43. The van der Waals surface area contributed by atoms with Crippen LogP contribution in [-0.2, 0) is 4.79 Å². The van der Waals surface area contributed by atoms with E-state index in [9.17, 15) is 4.79 Å². The van der Waals surface area contributed by atoms with Crippen molar-refractivity contribution in [2.75, 3.05) is 26.6 Å². The second kappa shape index (κ2) is 8.55. The van der Waals surface area contributed by atoms with Gasteiger partial charge in [0, 0.05) is 11.1 Å². The number of fused-ring (bicyclic) bond motifs is 1. The summed E-state index contributed by atoms with van der Waals surface area (Å²) in [5.41, 5.74) is 3.56. The number of nitrogens with one attached hydrogen (secondary N) is 1. The molecule has 0 bridgehead atoms. The van der Waals surface area contributed by atoms with Crippen molar-refractivity contribution in [2.45, 2.75) is 24.3 Å². The van der Waals surface area contributed by atoms with Crippen LogP contribution >= 0.6 is 11.8 Å². The van der Waals surface area contributed by atoms with Gasteiger partial charge in [-0.1, -0.05) is 12.1 Å². The Morgan fingerprint density at radius 2 is 1.77 bits per heavy atom. The predicted octanol–water partition coefficient (Wildman–Crippen LogP) is 4.37. The highest BCUT2D eigenvalue weighted by atomic mass is 32.2. The summed E-state index contributed by atoms with van der Waals surface area (Å²) in [6, 6.07) is 13.4. The van der Waals surface area contributed by atoms with Crippen molar-refractivity contribution in [1.82, 2.24) is 9.78 Å². The van der Waals surface area contributed by atoms with Crippen LogP contribution < -0.4 is 19.5 Å². The number of hydrogen-bond acceptors (Lipinski definition) is 6. The van der Waals surface area contributed by atoms with E-state index in [0.29, 0.717) is 17.3 Å². The van der Waals surface area contributed by atoms with Gasteiger partial charge in [-0.3, -0.25) is 4.79 Å². The van der Waals surface area contributed by atoms with Crippen molar-refractivity contribution in [1.29, 1.82) is 0 Å². The Kier molecular flexibility index (Phi) is 5.82. The molecule has 1 aliphatic rings. The summed E-state index contributed by atoms with van der Waals surface area (Å²) in [7, 11) is 4.88. The third kappa shape index (κ3) is 3.72. The molecule has 31 heavy (non-hydrogen) atoms. The maximum absolute atomic E-state index is 12.9. The molecule has 3 aromatic rings. The fourth-order valence-electron chi connectivity index (χ4n) is 3.78.